The van der Waals surface area contributed by atoms with Crippen molar-refractivity contribution in [3.05, 3.63) is 23.9 Å². The average molecular weight is 235 g/mol. The van der Waals surface area contributed by atoms with Gasteiger partial charge in [0.15, 0.2) is 0 Å². The molecule has 5 nitrogen and oxygen atoms in total. The lowest BCUT2D eigenvalue weighted by Gasteiger charge is -2.34. The van der Waals surface area contributed by atoms with Gasteiger partial charge < -0.3 is 15.8 Å². The Bertz CT molecular complexity index is 414. The van der Waals surface area contributed by atoms with Crippen molar-refractivity contribution in [3.8, 4) is 0 Å². The van der Waals surface area contributed by atoms with E-state index in [9.17, 15) is 4.79 Å². The number of ether oxygens (including phenoxy) is 1. The number of nitrogen functional groups attached to an aromatic ring is 1. The Labute approximate surface area is 100 Å². The summed E-state index contributed by atoms with van der Waals surface area (Å²) < 4.78 is 5.28. The van der Waals surface area contributed by atoms with Gasteiger partial charge in [-0.3, -0.25) is 4.79 Å². The van der Waals surface area contributed by atoms with Crippen LogP contribution in [0.4, 0.5) is 5.82 Å². The molecule has 0 unspecified atom stereocenters. The van der Waals surface area contributed by atoms with E-state index in [0.717, 1.165) is 12.8 Å². The van der Waals surface area contributed by atoms with Crippen molar-refractivity contribution in [2.75, 3.05) is 18.9 Å². The van der Waals surface area contributed by atoms with Crippen molar-refractivity contribution in [3.63, 3.8) is 0 Å². The maximum atomic E-state index is 12.0. The normalized spacial score (nSPS) is 18.6. The molecule has 1 aromatic rings. The van der Waals surface area contributed by atoms with E-state index in [1.807, 2.05) is 6.92 Å². The number of anilines is 1. The Balaban J connectivity index is 2.06. The first-order chi connectivity index (χ1) is 8.09. The Kier molecular flexibility index (Phi) is 3.28. The van der Waals surface area contributed by atoms with E-state index in [4.69, 9.17) is 10.5 Å². The van der Waals surface area contributed by atoms with Crippen LogP contribution < -0.4 is 11.1 Å². The molecule has 2 heterocycles. The molecule has 5 heteroatoms. The fraction of sp³-hybridized carbons (Fsp3) is 0.500. The minimum absolute atomic E-state index is 0.179. The minimum atomic E-state index is -0.207. The van der Waals surface area contributed by atoms with Crippen LogP contribution in [0.25, 0.3) is 0 Å². The smallest absolute Gasteiger partial charge is 0.270 e. The zero-order valence-electron chi connectivity index (χ0n) is 9.90. The molecular formula is C12H17N3O2. The quantitative estimate of drug-likeness (QED) is 0.800. The van der Waals surface area contributed by atoms with E-state index >= 15 is 0 Å². The average Bonchev–Trinajstić information content (AvgIpc) is 2.29. The Hall–Kier alpha value is -1.62. The van der Waals surface area contributed by atoms with Crippen molar-refractivity contribution in [2.24, 2.45) is 0 Å². The number of aromatic nitrogens is 1. The minimum Gasteiger partial charge on any atom is -0.384 e. The second-order valence-electron chi connectivity index (χ2n) is 4.57. The third-order valence-electron chi connectivity index (χ3n) is 3.01. The molecule has 1 aliphatic heterocycles. The van der Waals surface area contributed by atoms with Gasteiger partial charge in [0, 0.05) is 18.8 Å². The van der Waals surface area contributed by atoms with Crippen LogP contribution in [0.2, 0.25) is 0 Å². The molecule has 17 heavy (non-hydrogen) atoms. The first-order valence-electron chi connectivity index (χ1n) is 5.72. The van der Waals surface area contributed by atoms with E-state index in [-0.39, 0.29) is 11.4 Å². The monoisotopic (exact) mass is 235 g/mol. The molecular weight excluding hydrogens is 218 g/mol. The third-order valence-corrected chi connectivity index (χ3v) is 3.01. The van der Waals surface area contributed by atoms with Crippen molar-refractivity contribution in [2.45, 2.75) is 25.3 Å². The topological polar surface area (TPSA) is 77.2 Å². The molecule has 1 aromatic heterocycles. The molecule has 0 spiro atoms. The van der Waals surface area contributed by atoms with Gasteiger partial charge in [0.2, 0.25) is 0 Å². The van der Waals surface area contributed by atoms with Crippen molar-refractivity contribution < 1.29 is 9.53 Å². The molecule has 1 aliphatic rings. The van der Waals surface area contributed by atoms with Gasteiger partial charge in [-0.2, -0.15) is 0 Å². The fourth-order valence-electron chi connectivity index (χ4n) is 1.86. The lowest BCUT2D eigenvalue weighted by Crippen LogP contribution is -2.49. The summed E-state index contributed by atoms with van der Waals surface area (Å²) in [7, 11) is 0. The van der Waals surface area contributed by atoms with Crippen LogP contribution in [0.3, 0.4) is 0 Å². The molecule has 0 saturated carbocycles. The number of carbonyl (C=O) groups is 1. The van der Waals surface area contributed by atoms with Crippen LogP contribution >= 0.6 is 0 Å². The van der Waals surface area contributed by atoms with Crippen LogP contribution in [0.5, 0.6) is 0 Å². The predicted molar refractivity (Wildman–Crippen MR) is 64.6 cm³/mol. The second kappa shape index (κ2) is 4.71. The lowest BCUT2D eigenvalue weighted by molar-refractivity contribution is 0.0421. The zero-order valence-corrected chi connectivity index (χ0v) is 9.90. The van der Waals surface area contributed by atoms with Gasteiger partial charge in [-0.1, -0.05) is 6.07 Å². The van der Waals surface area contributed by atoms with Crippen molar-refractivity contribution >= 4 is 11.7 Å². The predicted octanol–water partition coefficient (Wildman–Crippen LogP) is 0.963. The number of hydrogen-bond donors (Lipinski definition) is 2. The summed E-state index contributed by atoms with van der Waals surface area (Å²) in [5.74, 6) is 0.177. The molecule has 0 bridgehead atoms. The first kappa shape index (κ1) is 11.9. The summed E-state index contributed by atoms with van der Waals surface area (Å²) >= 11 is 0. The van der Waals surface area contributed by atoms with E-state index < -0.39 is 0 Å². The largest absolute Gasteiger partial charge is 0.384 e. The summed E-state index contributed by atoms with van der Waals surface area (Å²) in [5.41, 5.74) is 5.70. The molecule has 2 rings (SSSR count). The van der Waals surface area contributed by atoms with Crippen LogP contribution in [-0.2, 0) is 4.74 Å². The Morgan fingerprint density at radius 3 is 2.82 bits per heavy atom. The van der Waals surface area contributed by atoms with Crippen LogP contribution in [-0.4, -0.2) is 29.6 Å². The van der Waals surface area contributed by atoms with Crippen LogP contribution in [0.1, 0.15) is 30.3 Å². The molecule has 0 radical (unpaired) electrons. The number of pyridine rings is 1. The molecule has 1 fully saturated rings. The molecule has 0 atom stereocenters. The lowest BCUT2D eigenvalue weighted by atomic mass is 9.92. The molecule has 1 saturated heterocycles. The van der Waals surface area contributed by atoms with E-state index in [2.05, 4.69) is 10.3 Å². The van der Waals surface area contributed by atoms with Gasteiger partial charge >= 0.3 is 0 Å². The molecule has 0 aliphatic carbocycles. The van der Waals surface area contributed by atoms with Gasteiger partial charge in [0.25, 0.3) is 5.91 Å². The van der Waals surface area contributed by atoms with Gasteiger partial charge in [-0.25, -0.2) is 4.98 Å². The molecule has 92 valence electrons. The standard InChI is InChI=1S/C12H17N3O2/c1-12(5-7-17-8-6-12)15-11(16)9-3-2-4-10(13)14-9/h2-4H,5-8H2,1H3,(H2,13,14)(H,15,16). The van der Waals surface area contributed by atoms with E-state index in [1.165, 1.54) is 0 Å². The fourth-order valence-corrected chi connectivity index (χ4v) is 1.86. The molecule has 1 amide bonds. The van der Waals surface area contributed by atoms with Crippen LogP contribution in [0, 0.1) is 0 Å². The Morgan fingerprint density at radius 1 is 1.47 bits per heavy atom. The number of nitrogens with zero attached hydrogens (tertiary/aromatic N) is 1. The highest BCUT2D eigenvalue weighted by molar-refractivity contribution is 5.93. The summed E-state index contributed by atoms with van der Waals surface area (Å²) in [6.45, 7) is 3.39. The number of rotatable bonds is 2. The third kappa shape index (κ3) is 2.94. The van der Waals surface area contributed by atoms with Gasteiger partial charge in [0.05, 0.1) is 0 Å². The van der Waals surface area contributed by atoms with E-state index in [0.29, 0.717) is 24.7 Å². The van der Waals surface area contributed by atoms with Gasteiger partial charge in [-0.15, -0.1) is 0 Å². The highest BCUT2D eigenvalue weighted by Gasteiger charge is 2.29. The summed E-state index contributed by atoms with van der Waals surface area (Å²) in [6.07, 6.45) is 1.64. The second-order valence-corrected chi connectivity index (χ2v) is 4.57. The van der Waals surface area contributed by atoms with Gasteiger partial charge in [-0.05, 0) is 31.9 Å². The highest BCUT2D eigenvalue weighted by atomic mass is 16.5. The van der Waals surface area contributed by atoms with Crippen LogP contribution in [0.15, 0.2) is 18.2 Å². The number of nitrogens with two attached hydrogens (primary N) is 1. The van der Waals surface area contributed by atoms with E-state index in [1.54, 1.807) is 18.2 Å². The zero-order chi connectivity index (χ0) is 12.3. The van der Waals surface area contributed by atoms with Crippen molar-refractivity contribution in [1.82, 2.24) is 10.3 Å². The number of hydrogen-bond acceptors (Lipinski definition) is 4. The molecule has 3 N–H and O–H groups in total. The number of amides is 1. The number of nitrogens with one attached hydrogen (secondary N) is 1. The summed E-state index contributed by atoms with van der Waals surface area (Å²) in [5, 5.41) is 3.00. The maximum Gasteiger partial charge on any atom is 0.270 e. The summed E-state index contributed by atoms with van der Waals surface area (Å²) in [4.78, 5) is 16.0. The molecule has 0 aromatic carbocycles. The van der Waals surface area contributed by atoms with Crippen molar-refractivity contribution in [1.29, 1.82) is 0 Å². The Morgan fingerprint density at radius 2 is 2.18 bits per heavy atom. The van der Waals surface area contributed by atoms with Gasteiger partial charge in [0.1, 0.15) is 11.5 Å². The maximum absolute atomic E-state index is 12.0. The summed E-state index contributed by atoms with van der Waals surface area (Å²) in [6, 6.07) is 5.05. The SMILES string of the molecule is CC1(NC(=O)c2cccc(N)n2)CCOCC1. The number of carbonyl (C=O) groups excluding carboxylic acids is 1. The first-order valence-corrected chi connectivity index (χ1v) is 5.72. The highest BCUT2D eigenvalue weighted by Crippen LogP contribution is 2.20.